The largest absolute Gasteiger partial charge is 0.491 e. The van der Waals surface area contributed by atoms with E-state index in [2.05, 4.69) is 4.74 Å². The van der Waals surface area contributed by atoms with E-state index in [4.69, 9.17) is 5.73 Å². The third-order valence-electron chi connectivity index (χ3n) is 2.68. The van der Waals surface area contributed by atoms with Gasteiger partial charge in [0, 0.05) is 12.0 Å². The SMILES string of the molecule is NC1CCC(C(O)OC(=O)C(F)(F)F)CC1. The minimum atomic E-state index is -5.06. The van der Waals surface area contributed by atoms with Crippen LogP contribution in [0.2, 0.25) is 0 Å². The van der Waals surface area contributed by atoms with Crippen molar-refractivity contribution < 1.29 is 27.8 Å². The first-order chi connectivity index (χ1) is 7.30. The van der Waals surface area contributed by atoms with Gasteiger partial charge in [-0.2, -0.15) is 13.2 Å². The summed E-state index contributed by atoms with van der Waals surface area (Å²) in [6, 6.07) is 0.0155. The highest BCUT2D eigenvalue weighted by atomic mass is 19.4. The van der Waals surface area contributed by atoms with Crippen molar-refractivity contribution in [2.45, 2.75) is 44.2 Å². The Morgan fingerprint density at radius 2 is 1.81 bits per heavy atom. The Hall–Kier alpha value is -0.820. The predicted octanol–water partition coefficient (Wildman–Crippen LogP) is 0.928. The van der Waals surface area contributed by atoms with Crippen LogP contribution in [0.5, 0.6) is 0 Å². The molecule has 1 aliphatic rings. The Kier molecular flexibility index (Phi) is 4.15. The Balaban J connectivity index is 2.41. The summed E-state index contributed by atoms with van der Waals surface area (Å²) in [5.41, 5.74) is 5.60. The molecule has 1 unspecified atom stereocenters. The summed E-state index contributed by atoms with van der Waals surface area (Å²) in [6.45, 7) is 0. The Labute approximate surface area is 90.6 Å². The fourth-order valence-corrected chi connectivity index (χ4v) is 1.70. The second kappa shape index (κ2) is 5.01. The van der Waals surface area contributed by atoms with Gasteiger partial charge in [0.1, 0.15) is 0 Å². The number of halogens is 3. The lowest BCUT2D eigenvalue weighted by atomic mass is 9.86. The van der Waals surface area contributed by atoms with Gasteiger partial charge in [-0.3, -0.25) is 0 Å². The van der Waals surface area contributed by atoms with Crippen molar-refractivity contribution in [3.8, 4) is 0 Å². The van der Waals surface area contributed by atoms with Crippen molar-refractivity contribution >= 4 is 5.97 Å². The summed E-state index contributed by atoms with van der Waals surface area (Å²) in [4.78, 5) is 10.5. The molecular weight excluding hydrogens is 227 g/mol. The Morgan fingerprint density at radius 3 is 2.25 bits per heavy atom. The van der Waals surface area contributed by atoms with Crippen LogP contribution in [0, 0.1) is 5.92 Å². The van der Waals surface area contributed by atoms with Gasteiger partial charge in [-0.05, 0) is 25.7 Å². The average Bonchev–Trinajstić information content (AvgIpc) is 2.17. The number of hydrogen-bond donors (Lipinski definition) is 2. The van der Waals surface area contributed by atoms with Crippen LogP contribution in [-0.2, 0) is 9.53 Å². The van der Waals surface area contributed by atoms with E-state index in [0.29, 0.717) is 25.7 Å². The van der Waals surface area contributed by atoms with Crippen LogP contribution in [0.4, 0.5) is 13.2 Å². The second-order valence-electron chi connectivity index (χ2n) is 3.97. The van der Waals surface area contributed by atoms with Crippen LogP contribution < -0.4 is 5.73 Å². The first-order valence-corrected chi connectivity index (χ1v) is 5.02. The second-order valence-corrected chi connectivity index (χ2v) is 3.97. The molecule has 1 aliphatic carbocycles. The molecule has 1 rings (SSSR count). The highest BCUT2D eigenvalue weighted by Crippen LogP contribution is 2.28. The topological polar surface area (TPSA) is 72.6 Å². The number of carbonyl (C=O) groups excluding carboxylic acids is 1. The number of hydrogen-bond acceptors (Lipinski definition) is 4. The van der Waals surface area contributed by atoms with E-state index in [1.54, 1.807) is 0 Å². The molecule has 7 heteroatoms. The molecule has 1 fully saturated rings. The van der Waals surface area contributed by atoms with Gasteiger partial charge in [-0.1, -0.05) is 0 Å². The van der Waals surface area contributed by atoms with Gasteiger partial charge in [0.05, 0.1) is 0 Å². The molecular formula is C9H14F3NO3. The minimum Gasteiger partial charge on any atom is -0.429 e. The molecule has 94 valence electrons. The highest BCUT2D eigenvalue weighted by molar-refractivity contribution is 5.75. The Morgan fingerprint density at radius 1 is 1.31 bits per heavy atom. The summed E-state index contributed by atoms with van der Waals surface area (Å²) in [5.74, 6) is -2.80. The molecule has 0 amide bonds. The van der Waals surface area contributed by atoms with Gasteiger partial charge < -0.3 is 15.6 Å². The zero-order chi connectivity index (χ0) is 12.3. The quantitative estimate of drug-likeness (QED) is 0.557. The van der Waals surface area contributed by atoms with E-state index in [-0.39, 0.29) is 6.04 Å². The maximum Gasteiger partial charge on any atom is 0.491 e. The fourth-order valence-electron chi connectivity index (χ4n) is 1.70. The number of ether oxygens (including phenoxy) is 1. The normalized spacial score (nSPS) is 28.6. The maximum absolute atomic E-state index is 11.8. The number of nitrogens with two attached hydrogens (primary N) is 1. The standard InChI is InChI=1S/C9H14F3NO3/c10-9(11,12)8(15)16-7(14)5-1-3-6(13)4-2-5/h5-7,14H,1-4,13H2. The van der Waals surface area contributed by atoms with Crippen molar-refractivity contribution in [2.24, 2.45) is 11.7 Å². The molecule has 0 aromatic carbocycles. The number of alkyl halides is 3. The van der Waals surface area contributed by atoms with E-state index in [1.165, 1.54) is 0 Å². The van der Waals surface area contributed by atoms with Gasteiger partial charge >= 0.3 is 12.1 Å². The van der Waals surface area contributed by atoms with Crippen LogP contribution in [0.1, 0.15) is 25.7 Å². The smallest absolute Gasteiger partial charge is 0.429 e. The lowest BCUT2D eigenvalue weighted by Gasteiger charge is -2.29. The number of rotatable bonds is 2. The molecule has 3 N–H and O–H groups in total. The van der Waals surface area contributed by atoms with Crippen LogP contribution in [0.25, 0.3) is 0 Å². The third-order valence-corrected chi connectivity index (χ3v) is 2.68. The van der Waals surface area contributed by atoms with Crippen LogP contribution in [0.3, 0.4) is 0 Å². The maximum atomic E-state index is 11.8. The highest BCUT2D eigenvalue weighted by Gasteiger charge is 2.43. The van der Waals surface area contributed by atoms with Crippen molar-refractivity contribution in [3.05, 3.63) is 0 Å². The third kappa shape index (κ3) is 3.64. The summed E-state index contributed by atoms with van der Waals surface area (Å²) in [7, 11) is 0. The van der Waals surface area contributed by atoms with Crippen molar-refractivity contribution in [2.75, 3.05) is 0 Å². The Bertz CT molecular complexity index is 249. The lowest BCUT2D eigenvalue weighted by Crippen LogP contribution is -2.37. The molecule has 16 heavy (non-hydrogen) atoms. The first-order valence-electron chi connectivity index (χ1n) is 5.02. The molecule has 1 saturated carbocycles. The molecule has 0 radical (unpaired) electrons. The van der Waals surface area contributed by atoms with E-state index < -0.39 is 24.4 Å². The van der Waals surface area contributed by atoms with Crippen molar-refractivity contribution in [1.82, 2.24) is 0 Å². The van der Waals surface area contributed by atoms with Crippen LogP contribution in [-0.4, -0.2) is 29.6 Å². The fraction of sp³-hybridized carbons (Fsp3) is 0.889. The monoisotopic (exact) mass is 241 g/mol. The molecule has 1 atom stereocenters. The van der Waals surface area contributed by atoms with Crippen molar-refractivity contribution in [3.63, 3.8) is 0 Å². The molecule has 0 aromatic rings. The lowest BCUT2D eigenvalue weighted by molar-refractivity contribution is -0.226. The molecule has 0 aliphatic heterocycles. The van der Waals surface area contributed by atoms with Crippen molar-refractivity contribution in [1.29, 1.82) is 0 Å². The van der Waals surface area contributed by atoms with E-state index >= 15 is 0 Å². The summed E-state index contributed by atoms with van der Waals surface area (Å²) in [6.07, 6.45) is -4.59. The molecule has 0 saturated heterocycles. The average molecular weight is 241 g/mol. The summed E-state index contributed by atoms with van der Waals surface area (Å²) in [5, 5.41) is 9.31. The molecule has 0 bridgehead atoms. The van der Waals surface area contributed by atoms with E-state index in [0.717, 1.165) is 0 Å². The molecule has 0 heterocycles. The number of carbonyl (C=O) groups is 1. The van der Waals surface area contributed by atoms with Crippen LogP contribution in [0.15, 0.2) is 0 Å². The van der Waals surface area contributed by atoms with Gasteiger partial charge in [0.25, 0.3) is 0 Å². The summed E-state index contributed by atoms with van der Waals surface area (Å²) >= 11 is 0. The molecule has 0 spiro atoms. The first kappa shape index (κ1) is 13.2. The minimum absolute atomic E-state index is 0.0155. The number of aliphatic hydroxyl groups is 1. The van der Waals surface area contributed by atoms with Crippen LogP contribution >= 0.6 is 0 Å². The van der Waals surface area contributed by atoms with Gasteiger partial charge in [0.15, 0.2) is 0 Å². The summed E-state index contributed by atoms with van der Waals surface area (Å²) < 4.78 is 39.4. The predicted molar refractivity (Wildman–Crippen MR) is 48.1 cm³/mol. The zero-order valence-electron chi connectivity index (χ0n) is 8.54. The number of aliphatic hydroxyl groups excluding tert-OH is 1. The van der Waals surface area contributed by atoms with E-state index in [9.17, 15) is 23.1 Å². The van der Waals surface area contributed by atoms with Gasteiger partial charge in [0.2, 0.25) is 6.29 Å². The molecule has 4 nitrogen and oxygen atoms in total. The van der Waals surface area contributed by atoms with E-state index in [1.807, 2.05) is 0 Å². The zero-order valence-corrected chi connectivity index (χ0v) is 8.54. The van der Waals surface area contributed by atoms with Gasteiger partial charge in [-0.15, -0.1) is 0 Å². The molecule has 0 aromatic heterocycles. The number of esters is 1. The van der Waals surface area contributed by atoms with Gasteiger partial charge in [-0.25, -0.2) is 4.79 Å².